The van der Waals surface area contributed by atoms with Gasteiger partial charge in [-0.15, -0.1) is 0 Å². The molecule has 100 valence electrons. The van der Waals surface area contributed by atoms with Gasteiger partial charge in [-0.25, -0.2) is 0 Å². The summed E-state index contributed by atoms with van der Waals surface area (Å²) < 4.78 is 19.4. The molecule has 0 aromatic carbocycles. The Bertz CT molecular complexity index is 315. The maximum Gasteiger partial charge on any atom is 0.406 e. The summed E-state index contributed by atoms with van der Waals surface area (Å²) in [4.78, 5) is 39.7. The second-order valence-corrected chi connectivity index (χ2v) is 4.95. The Morgan fingerprint density at radius 1 is 1.06 bits per heavy atom. The van der Waals surface area contributed by atoms with E-state index in [-0.39, 0.29) is 0 Å². The van der Waals surface area contributed by atoms with Crippen LogP contribution < -0.4 is 11.5 Å². The van der Waals surface area contributed by atoms with Crippen LogP contribution in [0.2, 0.25) is 0 Å². The van der Waals surface area contributed by atoms with Crippen molar-refractivity contribution in [2.24, 2.45) is 11.5 Å². The van der Waals surface area contributed by atoms with Crippen LogP contribution >= 0.6 is 7.60 Å². The minimum Gasteiger partial charge on any atom is -0.412 e. The van der Waals surface area contributed by atoms with E-state index in [9.17, 15) is 14.2 Å². The summed E-state index contributed by atoms with van der Waals surface area (Å²) in [6.45, 7) is 2.49. The number of nitrogens with two attached hydrogens (primary N) is 2. The van der Waals surface area contributed by atoms with Crippen LogP contribution in [0.4, 0.5) is 0 Å². The Morgan fingerprint density at radius 3 is 1.53 bits per heavy atom. The average molecular weight is 270 g/mol. The molecule has 0 amide bonds. The Kier molecular flexibility index (Phi) is 5.73. The van der Waals surface area contributed by atoms with Crippen LogP contribution in [0.25, 0.3) is 0 Å². The molecule has 0 aliphatic rings. The number of rotatable bonds is 5. The first-order chi connectivity index (χ1) is 7.55. The van der Waals surface area contributed by atoms with Crippen molar-refractivity contribution in [1.82, 2.24) is 0 Å². The molecule has 0 heterocycles. The summed E-state index contributed by atoms with van der Waals surface area (Å²) in [5.41, 5.74) is 10.3. The largest absolute Gasteiger partial charge is 0.412 e. The Balaban J connectivity index is 4.75. The molecular formula is C7H15N2O7P. The van der Waals surface area contributed by atoms with Gasteiger partial charge in [-0.05, 0) is 13.8 Å². The van der Waals surface area contributed by atoms with Crippen molar-refractivity contribution < 1.29 is 33.4 Å². The van der Waals surface area contributed by atoms with E-state index < -0.39 is 37.6 Å². The maximum atomic E-state index is 11.0. The minimum atomic E-state index is -4.96. The Hall–Kier alpha value is -0.990. The van der Waals surface area contributed by atoms with Gasteiger partial charge >= 0.3 is 25.6 Å². The second kappa shape index (κ2) is 6.08. The van der Waals surface area contributed by atoms with Crippen LogP contribution in [-0.2, 0) is 23.6 Å². The number of hydrogen-bond donors (Lipinski definition) is 4. The van der Waals surface area contributed by atoms with Crippen molar-refractivity contribution in [1.29, 1.82) is 0 Å². The standard InChI is InChI=1S/C7H15N2O7P/c1-3(8)5(10)15-7(17(12,13)14)16-6(11)4(2)9/h3-4,7H,8-9H2,1-2H3,(H2,12,13,14)/t3-,4-/m0/s1. The SMILES string of the molecule is C[C@H](N)C(=O)OC(OC(=O)[C@H](C)N)P(=O)(O)O. The molecule has 0 aromatic rings. The molecule has 0 aliphatic carbocycles. The van der Waals surface area contributed by atoms with Crippen LogP contribution in [0, 0.1) is 0 Å². The van der Waals surface area contributed by atoms with Crippen molar-refractivity contribution in [2.75, 3.05) is 0 Å². The van der Waals surface area contributed by atoms with Crippen LogP contribution in [-0.4, -0.2) is 39.8 Å². The van der Waals surface area contributed by atoms with Gasteiger partial charge in [0.1, 0.15) is 12.1 Å². The van der Waals surface area contributed by atoms with Gasteiger partial charge in [0.15, 0.2) is 0 Å². The van der Waals surface area contributed by atoms with Crippen molar-refractivity contribution in [3.63, 3.8) is 0 Å². The van der Waals surface area contributed by atoms with Gasteiger partial charge in [-0.1, -0.05) is 0 Å². The molecule has 0 rings (SSSR count). The summed E-state index contributed by atoms with van der Waals surface area (Å²) in [5, 5.41) is 0. The van der Waals surface area contributed by atoms with Crippen LogP contribution in [0.5, 0.6) is 0 Å². The summed E-state index contributed by atoms with van der Waals surface area (Å²) in [6, 6.07) is -4.56. The average Bonchev–Trinajstić information content (AvgIpc) is 2.14. The van der Waals surface area contributed by atoms with Crippen LogP contribution in [0.15, 0.2) is 0 Å². The Morgan fingerprint density at radius 2 is 1.35 bits per heavy atom. The van der Waals surface area contributed by atoms with E-state index in [4.69, 9.17) is 21.3 Å². The first-order valence-electron chi connectivity index (χ1n) is 4.53. The van der Waals surface area contributed by atoms with Gasteiger partial charge < -0.3 is 30.7 Å². The van der Waals surface area contributed by atoms with Gasteiger partial charge in [-0.3, -0.25) is 14.2 Å². The summed E-state index contributed by atoms with van der Waals surface area (Å²) in [7, 11) is -4.96. The predicted octanol–water partition coefficient (Wildman–Crippen LogP) is -1.77. The molecule has 2 atom stereocenters. The van der Waals surface area contributed by atoms with Gasteiger partial charge in [0, 0.05) is 0 Å². The van der Waals surface area contributed by atoms with Crippen molar-refractivity contribution in [3.8, 4) is 0 Å². The molecule has 0 radical (unpaired) electrons. The normalized spacial score (nSPS) is 15.2. The zero-order chi connectivity index (χ0) is 13.8. The number of hydrogen-bond acceptors (Lipinski definition) is 7. The molecule has 0 saturated carbocycles. The van der Waals surface area contributed by atoms with E-state index in [1.54, 1.807) is 0 Å². The highest BCUT2D eigenvalue weighted by molar-refractivity contribution is 7.52. The van der Waals surface area contributed by atoms with Gasteiger partial charge in [0.05, 0.1) is 0 Å². The van der Waals surface area contributed by atoms with Crippen LogP contribution in [0.1, 0.15) is 13.8 Å². The lowest BCUT2D eigenvalue weighted by molar-refractivity contribution is -0.178. The predicted molar refractivity (Wildman–Crippen MR) is 55.3 cm³/mol. The molecule has 0 aromatic heterocycles. The molecule has 6 N–H and O–H groups in total. The van der Waals surface area contributed by atoms with E-state index >= 15 is 0 Å². The molecule has 0 aliphatic heterocycles. The molecule has 17 heavy (non-hydrogen) atoms. The number of carbonyl (C=O) groups is 2. The first kappa shape index (κ1) is 16.0. The molecular weight excluding hydrogens is 255 g/mol. The summed E-state index contributed by atoms with van der Waals surface area (Å²) in [6.07, 6.45) is 0. The smallest absolute Gasteiger partial charge is 0.406 e. The lowest BCUT2D eigenvalue weighted by atomic mass is 10.4. The van der Waals surface area contributed by atoms with E-state index in [2.05, 4.69) is 9.47 Å². The highest BCUT2D eigenvalue weighted by Gasteiger charge is 2.37. The number of esters is 2. The quantitative estimate of drug-likeness (QED) is 0.257. The highest BCUT2D eigenvalue weighted by Crippen LogP contribution is 2.42. The topological polar surface area (TPSA) is 162 Å². The van der Waals surface area contributed by atoms with Crippen molar-refractivity contribution >= 4 is 19.5 Å². The fraction of sp³-hybridized carbons (Fsp3) is 0.714. The first-order valence-corrected chi connectivity index (χ1v) is 6.21. The molecule has 0 bridgehead atoms. The molecule has 10 heteroatoms. The molecule has 0 spiro atoms. The lowest BCUT2D eigenvalue weighted by Crippen LogP contribution is -2.37. The summed E-state index contributed by atoms with van der Waals surface area (Å²) >= 11 is 0. The maximum absolute atomic E-state index is 11.0. The molecule has 0 unspecified atom stereocenters. The zero-order valence-electron chi connectivity index (χ0n) is 9.27. The number of carbonyl (C=O) groups excluding carboxylic acids is 2. The molecule has 9 nitrogen and oxygen atoms in total. The van der Waals surface area contributed by atoms with Gasteiger partial charge in [0.2, 0.25) is 0 Å². The zero-order valence-corrected chi connectivity index (χ0v) is 10.2. The van der Waals surface area contributed by atoms with E-state index in [1.807, 2.05) is 0 Å². The fourth-order valence-electron chi connectivity index (χ4n) is 0.575. The monoisotopic (exact) mass is 270 g/mol. The molecule has 0 fully saturated rings. The molecule has 0 saturated heterocycles. The lowest BCUT2D eigenvalue weighted by Gasteiger charge is -2.20. The summed E-state index contributed by atoms with van der Waals surface area (Å²) in [5.74, 6) is -2.23. The van der Waals surface area contributed by atoms with Gasteiger partial charge in [-0.2, -0.15) is 0 Å². The third-order valence-corrected chi connectivity index (χ3v) is 2.21. The van der Waals surface area contributed by atoms with Crippen molar-refractivity contribution in [3.05, 3.63) is 0 Å². The van der Waals surface area contributed by atoms with E-state index in [1.165, 1.54) is 13.8 Å². The van der Waals surface area contributed by atoms with Crippen molar-refractivity contribution in [2.45, 2.75) is 32.0 Å². The van der Waals surface area contributed by atoms with Gasteiger partial charge in [0.25, 0.3) is 0 Å². The third kappa shape index (κ3) is 5.76. The van der Waals surface area contributed by atoms with E-state index in [0.29, 0.717) is 0 Å². The van der Waals surface area contributed by atoms with E-state index in [0.717, 1.165) is 0 Å². The fourth-order valence-corrected chi connectivity index (χ4v) is 1.06. The van der Waals surface area contributed by atoms with Crippen LogP contribution in [0.3, 0.4) is 0 Å². The highest BCUT2D eigenvalue weighted by atomic mass is 31.2. The minimum absolute atomic E-state index is 1.11. The Labute approximate surface area is 97.2 Å². The second-order valence-electron chi connectivity index (χ2n) is 3.35. The third-order valence-electron chi connectivity index (χ3n) is 1.45. The number of ether oxygens (including phenoxy) is 2.